The molecular formula is C29H29N5O4S. The maximum Gasteiger partial charge on any atom is 0.243 e. The van der Waals surface area contributed by atoms with Crippen LogP contribution in [-0.4, -0.2) is 65.9 Å². The second-order valence-corrected chi connectivity index (χ2v) is 13.0. The number of hydrogen-bond acceptors (Lipinski definition) is 8. The van der Waals surface area contributed by atoms with Crippen molar-refractivity contribution in [1.29, 1.82) is 0 Å². The summed E-state index contributed by atoms with van der Waals surface area (Å²) in [6.45, 7) is 4.84. The minimum absolute atomic E-state index is 0.206. The first-order valence-corrected chi connectivity index (χ1v) is 14.4. The van der Waals surface area contributed by atoms with E-state index in [1.165, 1.54) is 10.6 Å². The minimum atomic E-state index is -3.72. The van der Waals surface area contributed by atoms with Gasteiger partial charge in [-0.05, 0) is 66.2 Å². The third-order valence-electron chi connectivity index (χ3n) is 8.06. The van der Waals surface area contributed by atoms with Crippen LogP contribution in [0, 0.1) is 5.41 Å². The summed E-state index contributed by atoms with van der Waals surface area (Å²) in [4.78, 5) is 13.5. The van der Waals surface area contributed by atoms with E-state index in [2.05, 4.69) is 32.9 Å². The SMILES string of the molecule is CN1CC2(C1)CN(c1cccc(C(O)c3cc4c(cn3)CN(S(=O)(=O)c3ccc(-c5ncco5)cc3)C4)c1)C2. The molecule has 1 N–H and O–H groups in total. The molecule has 3 aliphatic heterocycles. The standard InChI is InChI=1S/C29H29N5O4S/c1-32-16-29(17-32)18-33(19-29)24-4-2-3-21(11-24)27(35)26-12-22-14-34(15-23(22)13-31-26)39(36,37)25-7-5-20(6-8-25)28-30-9-10-38-28/h2-13,27,35H,14-19H2,1H3. The average molecular weight is 544 g/mol. The fourth-order valence-corrected chi connectivity index (χ4v) is 7.58. The number of likely N-dealkylation sites (tertiary alicyclic amines) is 1. The van der Waals surface area contributed by atoms with Gasteiger partial charge in [0.1, 0.15) is 12.4 Å². The first kappa shape index (κ1) is 24.5. The number of hydrogen-bond donors (Lipinski definition) is 1. The van der Waals surface area contributed by atoms with Crippen molar-refractivity contribution >= 4 is 15.7 Å². The predicted molar refractivity (Wildman–Crippen MR) is 145 cm³/mol. The lowest BCUT2D eigenvalue weighted by atomic mass is 9.73. The van der Waals surface area contributed by atoms with Gasteiger partial charge >= 0.3 is 0 Å². The van der Waals surface area contributed by atoms with E-state index in [9.17, 15) is 13.5 Å². The Morgan fingerprint density at radius 1 is 0.974 bits per heavy atom. The van der Waals surface area contributed by atoms with Crippen molar-refractivity contribution in [1.82, 2.24) is 19.2 Å². The molecule has 0 radical (unpaired) electrons. The molecule has 3 aliphatic rings. The van der Waals surface area contributed by atoms with Crippen molar-refractivity contribution in [2.45, 2.75) is 24.1 Å². The molecule has 7 rings (SSSR count). The van der Waals surface area contributed by atoms with Crippen LogP contribution >= 0.6 is 0 Å². The molecule has 2 fully saturated rings. The second-order valence-electron chi connectivity index (χ2n) is 11.0. The first-order valence-electron chi connectivity index (χ1n) is 13.0. The third-order valence-corrected chi connectivity index (χ3v) is 9.87. The summed E-state index contributed by atoms with van der Waals surface area (Å²) >= 11 is 0. The number of aliphatic hydroxyl groups is 1. The molecule has 2 aromatic carbocycles. The number of fused-ring (bicyclic) bond motifs is 1. The van der Waals surface area contributed by atoms with Crippen molar-refractivity contribution in [3.8, 4) is 11.5 Å². The highest BCUT2D eigenvalue weighted by atomic mass is 32.2. The number of aliphatic hydroxyl groups excluding tert-OH is 1. The number of rotatable bonds is 6. The summed E-state index contributed by atoms with van der Waals surface area (Å²) in [5.41, 5.74) is 5.24. The van der Waals surface area contributed by atoms with Gasteiger partial charge in [0.05, 0.1) is 16.8 Å². The lowest BCUT2D eigenvalue weighted by molar-refractivity contribution is -0.00240. The highest BCUT2D eigenvalue weighted by molar-refractivity contribution is 7.89. The van der Waals surface area contributed by atoms with E-state index >= 15 is 0 Å². The number of anilines is 1. The minimum Gasteiger partial charge on any atom is -0.445 e. The molecule has 9 nitrogen and oxygen atoms in total. The van der Waals surface area contributed by atoms with E-state index in [0.29, 0.717) is 22.6 Å². The molecule has 1 unspecified atom stereocenters. The Labute approximate surface area is 227 Å². The largest absolute Gasteiger partial charge is 0.445 e. The summed E-state index contributed by atoms with van der Waals surface area (Å²) in [6, 6.07) is 16.4. The van der Waals surface area contributed by atoms with Crippen LogP contribution in [0.2, 0.25) is 0 Å². The Bertz CT molecular complexity index is 1620. The zero-order chi connectivity index (χ0) is 26.8. The fourth-order valence-electron chi connectivity index (χ4n) is 6.18. The van der Waals surface area contributed by atoms with Crippen LogP contribution in [0.4, 0.5) is 5.69 Å². The second kappa shape index (κ2) is 8.99. The molecule has 0 bridgehead atoms. The van der Waals surface area contributed by atoms with E-state index < -0.39 is 16.1 Å². The van der Waals surface area contributed by atoms with Gasteiger partial charge in [0.15, 0.2) is 0 Å². The molecule has 39 heavy (non-hydrogen) atoms. The Kier molecular flexibility index (Phi) is 5.64. The summed E-state index contributed by atoms with van der Waals surface area (Å²) in [6.07, 6.45) is 3.82. The Morgan fingerprint density at radius 3 is 2.46 bits per heavy atom. The van der Waals surface area contributed by atoms with Gasteiger partial charge in [-0.1, -0.05) is 12.1 Å². The molecule has 200 valence electrons. The van der Waals surface area contributed by atoms with Crippen molar-refractivity contribution < 1.29 is 17.9 Å². The third kappa shape index (κ3) is 4.24. The maximum atomic E-state index is 13.4. The number of nitrogens with zero attached hydrogens (tertiary/aromatic N) is 5. The Hall–Kier alpha value is -3.57. The fraction of sp³-hybridized carbons (Fsp3) is 0.310. The maximum absolute atomic E-state index is 13.4. The molecule has 5 heterocycles. The molecule has 1 atom stereocenters. The quantitative estimate of drug-likeness (QED) is 0.395. The van der Waals surface area contributed by atoms with Crippen LogP contribution in [0.3, 0.4) is 0 Å². The molecule has 2 saturated heterocycles. The Balaban J connectivity index is 1.06. The number of aromatic nitrogens is 2. The van der Waals surface area contributed by atoms with E-state index in [1.807, 2.05) is 24.3 Å². The smallest absolute Gasteiger partial charge is 0.243 e. The molecule has 0 saturated carbocycles. The molecule has 1 spiro atoms. The number of sulfonamides is 1. The van der Waals surface area contributed by atoms with Crippen LogP contribution in [0.15, 0.2) is 82.6 Å². The summed E-state index contributed by atoms with van der Waals surface area (Å²) < 4.78 is 33.5. The van der Waals surface area contributed by atoms with Gasteiger partial charge in [0.2, 0.25) is 15.9 Å². The van der Waals surface area contributed by atoms with Gasteiger partial charge in [-0.25, -0.2) is 13.4 Å². The van der Waals surface area contributed by atoms with Crippen molar-refractivity contribution in [3.63, 3.8) is 0 Å². The van der Waals surface area contributed by atoms with Gasteiger partial charge in [0.25, 0.3) is 0 Å². The van der Waals surface area contributed by atoms with Crippen LogP contribution in [0.5, 0.6) is 0 Å². The number of oxazole rings is 1. The van der Waals surface area contributed by atoms with Crippen molar-refractivity contribution in [3.05, 3.63) is 95.6 Å². The molecule has 4 aromatic rings. The molecule has 10 heteroatoms. The van der Waals surface area contributed by atoms with Gasteiger partial charge < -0.3 is 19.3 Å². The lowest BCUT2D eigenvalue weighted by Crippen LogP contribution is -2.71. The van der Waals surface area contributed by atoms with Crippen LogP contribution < -0.4 is 4.90 Å². The highest BCUT2D eigenvalue weighted by Crippen LogP contribution is 2.41. The van der Waals surface area contributed by atoms with E-state index in [4.69, 9.17) is 4.42 Å². The van der Waals surface area contributed by atoms with E-state index in [-0.39, 0.29) is 18.0 Å². The summed E-state index contributed by atoms with van der Waals surface area (Å²) in [5.74, 6) is 0.440. The van der Waals surface area contributed by atoms with Crippen molar-refractivity contribution in [2.75, 3.05) is 38.1 Å². The predicted octanol–water partition coefficient (Wildman–Crippen LogP) is 3.27. The lowest BCUT2D eigenvalue weighted by Gasteiger charge is -2.60. The molecular weight excluding hydrogens is 514 g/mol. The van der Waals surface area contributed by atoms with Crippen LogP contribution in [-0.2, 0) is 23.1 Å². The van der Waals surface area contributed by atoms with Gasteiger partial charge in [-0.3, -0.25) is 4.98 Å². The molecule has 0 amide bonds. The van der Waals surface area contributed by atoms with Crippen molar-refractivity contribution in [2.24, 2.45) is 5.41 Å². The average Bonchev–Trinajstić information content (AvgIpc) is 3.60. The molecule has 2 aromatic heterocycles. The number of benzene rings is 2. The first-order chi connectivity index (χ1) is 18.8. The summed E-state index contributed by atoms with van der Waals surface area (Å²) in [5, 5.41) is 11.2. The highest BCUT2D eigenvalue weighted by Gasteiger charge is 2.50. The van der Waals surface area contributed by atoms with Gasteiger partial charge in [-0.15, -0.1) is 0 Å². The monoisotopic (exact) mass is 543 g/mol. The van der Waals surface area contributed by atoms with E-state index in [1.54, 1.807) is 36.7 Å². The number of pyridine rings is 1. The molecule has 0 aliphatic carbocycles. The normalized spacial score (nSPS) is 19.5. The summed E-state index contributed by atoms with van der Waals surface area (Å²) in [7, 11) is -1.56. The zero-order valence-electron chi connectivity index (χ0n) is 21.6. The van der Waals surface area contributed by atoms with Crippen LogP contribution in [0.1, 0.15) is 28.5 Å². The van der Waals surface area contributed by atoms with Gasteiger partial charge in [0, 0.05) is 62.1 Å². The van der Waals surface area contributed by atoms with E-state index in [0.717, 1.165) is 48.6 Å². The topological polar surface area (TPSA) is 103 Å². The zero-order valence-corrected chi connectivity index (χ0v) is 22.4. The van der Waals surface area contributed by atoms with Crippen LogP contribution in [0.25, 0.3) is 11.5 Å². The Morgan fingerprint density at radius 2 is 1.74 bits per heavy atom. The van der Waals surface area contributed by atoms with Gasteiger partial charge in [-0.2, -0.15) is 4.31 Å².